The van der Waals surface area contributed by atoms with Crippen LogP contribution in [0.15, 0.2) is 66.7 Å². The number of carbonyl (C=O) groups is 2. The molecule has 2 aliphatic heterocycles. The molecular weight excluding hydrogens is 513 g/mol. The summed E-state index contributed by atoms with van der Waals surface area (Å²) >= 11 is 0. The summed E-state index contributed by atoms with van der Waals surface area (Å²) in [4.78, 5) is 38.1. The van der Waals surface area contributed by atoms with Gasteiger partial charge >= 0.3 is 0 Å². The monoisotopic (exact) mass is 537 g/mol. The highest BCUT2D eigenvalue weighted by molar-refractivity contribution is 7.94. The molecule has 3 aromatic rings. The lowest BCUT2D eigenvalue weighted by atomic mass is 9.87. The van der Waals surface area contributed by atoms with Gasteiger partial charge in [-0.05, 0) is 46.9 Å². The molecule has 2 aliphatic rings. The smallest absolute Gasteiger partial charge is 0.274 e. The molecule has 0 N–H and O–H groups in total. The van der Waals surface area contributed by atoms with Gasteiger partial charge in [-0.2, -0.15) is 0 Å². The van der Waals surface area contributed by atoms with Crippen molar-refractivity contribution in [3.05, 3.63) is 99.4 Å². The minimum atomic E-state index is -4.51. The second-order valence-electron chi connectivity index (χ2n) is 10.4. The summed E-state index contributed by atoms with van der Waals surface area (Å²) in [6, 6.07) is 15.5. The molecule has 9 nitrogen and oxygen atoms in total. The fraction of sp³-hybridized carbons (Fsp3) is 0.259. The van der Waals surface area contributed by atoms with Crippen LogP contribution in [0.5, 0.6) is 0 Å². The number of halogens is 1. The van der Waals surface area contributed by atoms with Crippen molar-refractivity contribution >= 4 is 38.7 Å². The van der Waals surface area contributed by atoms with Crippen molar-refractivity contribution in [3.63, 3.8) is 0 Å². The third-order valence-corrected chi connectivity index (χ3v) is 9.06. The van der Waals surface area contributed by atoms with E-state index in [0.717, 1.165) is 16.5 Å². The first kappa shape index (κ1) is 25.5. The van der Waals surface area contributed by atoms with Crippen LogP contribution in [0, 0.1) is 15.9 Å². The van der Waals surface area contributed by atoms with Gasteiger partial charge in [0.15, 0.2) is 9.84 Å². The maximum absolute atomic E-state index is 14.2. The molecule has 1 fully saturated rings. The fourth-order valence-electron chi connectivity index (χ4n) is 5.08. The number of nitro benzene ring substituents is 1. The second kappa shape index (κ2) is 8.45. The molecule has 0 radical (unpaired) electrons. The van der Waals surface area contributed by atoms with Gasteiger partial charge in [0.2, 0.25) is 5.91 Å². The standard InChI is InChI=1S/C27H24FN3O6S/c1-26(2,3)18-6-10-20(11-7-18)30-24(32)16-38(36,37)27(30)22-14-21(31(34)35)12-13-23(22)29(25(27)33)15-17-4-8-19(28)9-5-17/h4-14H,15-16H2,1-3H3. The van der Waals surface area contributed by atoms with Gasteiger partial charge in [0, 0.05) is 23.4 Å². The van der Waals surface area contributed by atoms with Gasteiger partial charge in [0.1, 0.15) is 11.6 Å². The van der Waals surface area contributed by atoms with Crippen molar-refractivity contribution in [2.24, 2.45) is 0 Å². The van der Waals surface area contributed by atoms with E-state index < -0.39 is 48.7 Å². The van der Waals surface area contributed by atoms with E-state index in [-0.39, 0.29) is 28.9 Å². The molecular formula is C27H24FN3O6S. The maximum Gasteiger partial charge on any atom is 0.274 e. The SMILES string of the molecule is CC(C)(C)c1ccc(N2C(=O)CS(=O)(=O)C23C(=O)N(Cc2ccc(F)cc2)c2ccc([N+](=O)[O-])cc23)cc1. The van der Waals surface area contributed by atoms with Crippen molar-refractivity contribution < 1.29 is 27.3 Å². The third-order valence-electron chi connectivity index (χ3n) is 6.96. The molecule has 196 valence electrons. The predicted molar refractivity (Wildman–Crippen MR) is 139 cm³/mol. The first-order valence-electron chi connectivity index (χ1n) is 11.8. The van der Waals surface area contributed by atoms with Gasteiger partial charge in [0.05, 0.1) is 17.2 Å². The van der Waals surface area contributed by atoms with Crippen LogP contribution in [0.3, 0.4) is 0 Å². The molecule has 2 amide bonds. The highest BCUT2D eigenvalue weighted by Crippen LogP contribution is 2.53. The quantitative estimate of drug-likeness (QED) is 0.364. The topological polar surface area (TPSA) is 118 Å². The van der Waals surface area contributed by atoms with Crippen molar-refractivity contribution in [1.82, 2.24) is 0 Å². The number of nitrogens with zero attached hydrogens (tertiary/aromatic N) is 3. The van der Waals surface area contributed by atoms with Crippen molar-refractivity contribution in [1.29, 1.82) is 0 Å². The summed E-state index contributed by atoms with van der Waals surface area (Å²) in [5.74, 6) is -3.17. The van der Waals surface area contributed by atoms with Crippen molar-refractivity contribution in [3.8, 4) is 0 Å². The lowest BCUT2D eigenvalue weighted by Crippen LogP contribution is -2.54. The lowest BCUT2D eigenvalue weighted by Gasteiger charge is -2.33. The summed E-state index contributed by atoms with van der Waals surface area (Å²) < 4.78 is 41.0. The van der Waals surface area contributed by atoms with Crippen LogP contribution in [0.4, 0.5) is 21.5 Å². The van der Waals surface area contributed by atoms with Gasteiger partial charge in [-0.3, -0.25) is 24.6 Å². The van der Waals surface area contributed by atoms with E-state index in [1.54, 1.807) is 24.3 Å². The van der Waals surface area contributed by atoms with Crippen LogP contribution >= 0.6 is 0 Å². The minimum absolute atomic E-state index is 0.125. The Morgan fingerprint density at radius 3 is 2.21 bits per heavy atom. The maximum atomic E-state index is 14.2. The number of nitro groups is 1. The lowest BCUT2D eigenvalue weighted by molar-refractivity contribution is -0.384. The fourth-order valence-corrected chi connectivity index (χ4v) is 7.10. The van der Waals surface area contributed by atoms with Crippen molar-refractivity contribution in [2.45, 2.75) is 37.6 Å². The van der Waals surface area contributed by atoms with Crippen LogP contribution < -0.4 is 9.80 Å². The Morgan fingerprint density at radius 2 is 1.63 bits per heavy atom. The normalized spacial score (nSPS) is 20.3. The van der Waals surface area contributed by atoms with E-state index in [9.17, 15) is 32.5 Å². The molecule has 1 spiro atoms. The first-order valence-corrected chi connectivity index (χ1v) is 13.4. The number of carbonyl (C=O) groups excluding carboxylic acids is 2. The molecule has 2 heterocycles. The van der Waals surface area contributed by atoms with Crippen molar-refractivity contribution in [2.75, 3.05) is 15.6 Å². The molecule has 38 heavy (non-hydrogen) atoms. The second-order valence-corrected chi connectivity index (χ2v) is 12.5. The van der Waals surface area contributed by atoms with E-state index in [1.165, 1.54) is 41.3 Å². The van der Waals surface area contributed by atoms with E-state index in [2.05, 4.69) is 0 Å². The number of fused-ring (bicyclic) bond motifs is 2. The van der Waals surface area contributed by atoms with E-state index in [0.29, 0.717) is 5.56 Å². The summed E-state index contributed by atoms with van der Waals surface area (Å²) in [6.45, 7) is 5.86. The Morgan fingerprint density at radius 1 is 1.00 bits per heavy atom. The number of benzene rings is 3. The Hall–Kier alpha value is -4.12. The Labute approximate surface area is 218 Å². The average Bonchev–Trinajstić information content (AvgIpc) is 3.21. The van der Waals surface area contributed by atoms with Crippen LogP contribution in [0.1, 0.15) is 37.5 Å². The third kappa shape index (κ3) is 3.68. The Kier molecular flexibility index (Phi) is 5.68. The Balaban J connectivity index is 1.74. The Bertz CT molecular complexity index is 1600. The van der Waals surface area contributed by atoms with E-state index in [4.69, 9.17) is 0 Å². The number of non-ortho nitro benzene ring substituents is 1. The highest BCUT2D eigenvalue weighted by Gasteiger charge is 2.70. The summed E-state index contributed by atoms with van der Waals surface area (Å²) in [6.07, 6.45) is 0. The van der Waals surface area contributed by atoms with E-state index in [1.807, 2.05) is 20.8 Å². The van der Waals surface area contributed by atoms with Gasteiger partial charge in [-0.1, -0.05) is 45.0 Å². The first-order chi connectivity index (χ1) is 17.8. The number of sulfone groups is 1. The zero-order chi connectivity index (χ0) is 27.6. The molecule has 1 saturated heterocycles. The van der Waals surface area contributed by atoms with Crippen LogP contribution in [-0.2, 0) is 36.3 Å². The van der Waals surface area contributed by atoms with Gasteiger partial charge in [-0.15, -0.1) is 0 Å². The van der Waals surface area contributed by atoms with Crippen LogP contribution in [0.2, 0.25) is 0 Å². The average molecular weight is 538 g/mol. The number of hydrogen-bond donors (Lipinski definition) is 0. The van der Waals surface area contributed by atoms with Gasteiger partial charge < -0.3 is 4.90 Å². The van der Waals surface area contributed by atoms with E-state index >= 15 is 0 Å². The number of anilines is 2. The minimum Gasteiger partial charge on any atom is -0.304 e. The molecule has 1 unspecified atom stereocenters. The molecule has 0 saturated carbocycles. The molecule has 5 rings (SSSR count). The van der Waals surface area contributed by atoms with Gasteiger partial charge in [-0.25, -0.2) is 12.8 Å². The molecule has 1 atom stereocenters. The predicted octanol–water partition coefficient (Wildman–Crippen LogP) is 4.19. The van der Waals surface area contributed by atoms with Crippen LogP contribution in [-0.4, -0.2) is 30.9 Å². The number of hydrogen-bond acceptors (Lipinski definition) is 6. The molecule has 3 aromatic carbocycles. The summed E-state index contributed by atoms with van der Waals surface area (Å²) in [7, 11) is -4.51. The number of amides is 2. The number of rotatable bonds is 4. The molecule has 0 aliphatic carbocycles. The largest absolute Gasteiger partial charge is 0.304 e. The van der Waals surface area contributed by atoms with Gasteiger partial charge in [0.25, 0.3) is 16.5 Å². The zero-order valence-corrected chi connectivity index (χ0v) is 21.7. The molecule has 11 heteroatoms. The molecule has 0 aromatic heterocycles. The summed E-state index contributed by atoms with van der Waals surface area (Å²) in [5, 5.41) is 11.6. The highest BCUT2D eigenvalue weighted by atomic mass is 32.2. The zero-order valence-electron chi connectivity index (χ0n) is 20.8. The summed E-state index contributed by atoms with van der Waals surface area (Å²) in [5.41, 5.74) is 0.930. The molecule has 0 bridgehead atoms. The van der Waals surface area contributed by atoms with Crippen LogP contribution in [0.25, 0.3) is 0 Å².